The number of aromatic hydroxyl groups is 3. The molecule has 11 bridgehead atoms. The first-order valence-corrected chi connectivity index (χ1v) is 39.5. The second kappa shape index (κ2) is 37.3. The van der Waals surface area contributed by atoms with Gasteiger partial charge in [-0.1, -0.05) is 96.7 Å². The number of aliphatic hydroxyl groups is 5. The van der Waals surface area contributed by atoms with Crippen LogP contribution in [0.25, 0.3) is 11.1 Å². The number of carbonyl (C=O) groups excluding carboxylic acids is 7. The highest BCUT2D eigenvalue weighted by Crippen LogP contribution is 2.50. The molecule has 2 saturated heterocycles. The Morgan fingerprint density at radius 3 is 2.07 bits per heavy atom. The van der Waals surface area contributed by atoms with Gasteiger partial charge < -0.3 is 133 Å². The highest BCUT2D eigenvalue weighted by atomic mass is 35.5. The van der Waals surface area contributed by atoms with Crippen molar-refractivity contribution in [1.82, 2.24) is 42.5 Å². The Morgan fingerprint density at radius 1 is 0.706 bits per heavy atom. The fraction of sp³-hybridized carbons (Fsp3) is 0.407. The molecule has 19 atom stereocenters. The molecule has 7 amide bonds. The molecule has 636 valence electrons. The first kappa shape index (κ1) is 88.2. The van der Waals surface area contributed by atoms with Crippen LogP contribution in [0, 0.1) is 11.8 Å². The molecule has 0 saturated carbocycles. The third kappa shape index (κ3) is 19.8. The highest BCUT2D eigenvalue weighted by Gasteiger charge is 2.52. The van der Waals surface area contributed by atoms with E-state index in [4.69, 9.17) is 91.0 Å². The van der Waals surface area contributed by atoms with Crippen LogP contribution in [0.2, 0.25) is 15.1 Å². The lowest BCUT2D eigenvalue weighted by Crippen LogP contribution is -2.65. The summed E-state index contributed by atoms with van der Waals surface area (Å²) in [5.41, 5.74) is 10.0. The van der Waals surface area contributed by atoms with E-state index in [1.165, 1.54) is 31.3 Å². The summed E-state index contributed by atoms with van der Waals surface area (Å²) in [5.74, 6) is -16.3. The number of likely N-dealkylation sites (N-methyl/N-ethyl adjacent to an activating group) is 1. The minimum Gasteiger partial charge on any atom is -0.508 e. The van der Waals surface area contributed by atoms with E-state index in [1.807, 2.05) is 32.0 Å². The van der Waals surface area contributed by atoms with E-state index in [0.29, 0.717) is 28.8 Å². The van der Waals surface area contributed by atoms with Crippen molar-refractivity contribution in [3.05, 3.63) is 175 Å². The molecular formula is C81H90Cl4N10O24. The van der Waals surface area contributed by atoms with Gasteiger partial charge in [-0.2, -0.15) is 0 Å². The Balaban J connectivity index is 1.000. The van der Waals surface area contributed by atoms with Gasteiger partial charge >= 0.3 is 5.97 Å². The van der Waals surface area contributed by atoms with Crippen LogP contribution in [0.1, 0.15) is 111 Å². The van der Waals surface area contributed by atoms with Crippen molar-refractivity contribution in [2.75, 3.05) is 20.2 Å². The van der Waals surface area contributed by atoms with Gasteiger partial charge in [-0.15, -0.1) is 0 Å². The molecule has 21 N–H and O–H groups in total. The van der Waals surface area contributed by atoms with Crippen LogP contribution in [0.5, 0.6) is 46.0 Å². The number of allylic oxidation sites excluding steroid dienone is 2. The van der Waals surface area contributed by atoms with Gasteiger partial charge in [-0.25, -0.2) is 4.79 Å². The van der Waals surface area contributed by atoms with Crippen LogP contribution >= 0.6 is 46.4 Å². The molecule has 1 aliphatic carbocycles. The second-order valence-corrected chi connectivity index (χ2v) is 32.0. The largest absolute Gasteiger partial charge is 0.508 e. The van der Waals surface area contributed by atoms with Gasteiger partial charge in [0.25, 0.3) is 0 Å². The van der Waals surface area contributed by atoms with Crippen molar-refractivity contribution in [2.45, 2.75) is 176 Å². The number of phenols is 3. The lowest BCUT2D eigenvalue weighted by molar-refractivity contribution is -0.331. The Labute approximate surface area is 700 Å². The number of aliphatic carboxylic acids is 1. The molecule has 0 spiro atoms. The zero-order valence-corrected chi connectivity index (χ0v) is 67.4. The quantitative estimate of drug-likeness (QED) is 0.0511. The van der Waals surface area contributed by atoms with Crippen LogP contribution in [-0.2, 0) is 65.5 Å². The summed E-state index contributed by atoms with van der Waals surface area (Å²) in [4.78, 5) is 118. The number of carboxylic acid groups (broad SMARTS) is 1. The topological polar surface area (TPSA) is 532 Å². The van der Waals surface area contributed by atoms with Crippen LogP contribution in [0.15, 0.2) is 126 Å². The van der Waals surface area contributed by atoms with E-state index in [2.05, 4.69) is 42.5 Å². The zero-order chi connectivity index (χ0) is 85.9. The second-order valence-electron chi connectivity index (χ2n) is 30.4. The maximum absolute atomic E-state index is 16.2. The average Bonchev–Trinajstić information content (AvgIpc) is 0.771. The van der Waals surface area contributed by atoms with Gasteiger partial charge in [0.15, 0.2) is 29.9 Å². The lowest BCUT2D eigenvalue weighted by Gasteiger charge is -2.48. The fourth-order valence-electron chi connectivity index (χ4n) is 15.0. The molecular weight excluding hydrogens is 1640 g/mol. The monoisotopic (exact) mass is 1730 g/mol. The molecule has 0 aromatic heterocycles. The van der Waals surface area contributed by atoms with Crippen molar-refractivity contribution in [1.29, 1.82) is 0 Å². The normalized spacial score (nSPS) is 28.0. The highest BCUT2D eigenvalue weighted by molar-refractivity contribution is 6.42. The summed E-state index contributed by atoms with van der Waals surface area (Å²) in [6, 6.07) is 8.92. The van der Waals surface area contributed by atoms with E-state index < -0.39 is 232 Å². The minimum absolute atomic E-state index is 0.103. The number of nitrogens with two attached hydrogens (primary N) is 2. The summed E-state index contributed by atoms with van der Waals surface area (Å²) in [6.45, 7) is 6.98. The average molecular weight is 1730 g/mol. The number of carbonyl (C=O) groups is 8. The number of fused-ring (bicyclic) bond motifs is 14. The summed E-state index contributed by atoms with van der Waals surface area (Å²) in [7, 11) is 1.48. The summed E-state index contributed by atoms with van der Waals surface area (Å²) in [5, 5.41) is 127. The van der Waals surface area contributed by atoms with Crippen molar-refractivity contribution in [3.63, 3.8) is 0 Å². The van der Waals surface area contributed by atoms with E-state index >= 15 is 14.4 Å². The lowest BCUT2D eigenvalue weighted by atomic mass is 9.84. The summed E-state index contributed by atoms with van der Waals surface area (Å²) < 4.78 is 45.9. The predicted molar refractivity (Wildman–Crippen MR) is 426 cm³/mol. The van der Waals surface area contributed by atoms with Crippen molar-refractivity contribution < 1.29 is 117 Å². The Kier molecular flexibility index (Phi) is 27.6. The van der Waals surface area contributed by atoms with Crippen molar-refractivity contribution in [3.8, 4) is 57.1 Å². The number of hydrogen-bond acceptors (Lipinski definition) is 26. The van der Waals surface area contributed by atoms with E-state index in [1.54, 1.807) is 38.1 Å². The third-order valence-corrected chi connectivity index (χ3v) is 22.7. The van der Waals surface area contributed by atoms with Crippen molar-refractivity contribution >= 4 is 93.7 Å². The van der Waals surface area contributed by atoms with Gasteiger partial charge in [0.05, 0.1) is 57.5 Å². The molecule has 119 heavy (non-hydrogen) atoms. The van der Waals surface area contributed by atoms with Crippen LogP contribution < -0.4 is 72.9 Å². The third-order valence-electron chi connectivity index (χ3n) is 21.4. The van der Waals surface area contributed by atoms with Gasteiger partial charge in [-0.3, -0.25) is 33.6 Å². The number of hydrogen-bond donors (Lipinski definition) is 19. The summed E-state index contributed by atoms with van der Waals surface area (Å²) >= 11 is 26.7. The number of rotatable bonds is 20. The number of carboxylic acids is 1. The molecule has 14 rings (SSSR count). The number of ether oxygens (including phenoxy) is 7. The molecule has 10 unspecified atom stereocenters. The zero-order valence-electron chi connectivity index (χ0n) is 64.4. The maximum atomic E-state index is 16.2. The number of benzene rings is 6. The standard InChI is InChI=1S/C81H90Cl4N10O24/c1-33(2)20-49(88-5)73(105)94-64-66(100)38-10-16-53(47(84)23-38)115-55-25-40-26-56(70(55)119-80-71(69(103)68(102)57(31-86)117-80)118-59-30-81(4,72(104)34(3)114-59)89-32-36-6-12-42(13-7-36)113-19-18-35-8-14-45(82)46(83)21-35)116-54-17-11-39(24-48(54)85)67(101)65-78(110)93-63(79(111)112)44-27-41(96)28-52(98)60(44)43-22-37(9-15-51(43)97)61(75(107)95-65)92-76(108)62(40)91-74(106)50(29-58(87)99)90-77(64)109/h6-10,12-17,21-28,33-34,39,49-50,57,59,61-69,71-72,80,88-89,96-98,100-104H,11,18-20,29-32,86H2,1-5H3,(H2,87,99)(H,90,109)(H,91,106)(H,92,108)(H,93,110)(H,94,105)(H,95,107)(H,111,112)/t34?,39?,49-,50+,57?,59?,61-,62-,63-,64-,65+,66-,67-,68?,69?,71?,72?,80?,81?/m1/s1. The van der Waals surface area contributed by atoms with Crippen LogP contribution in [0.4, 0.5) is 0 Å². The number of phenolic OH excluding ortho intramolecular Hbond substituents is 3. The molecule has 8 aliphatic rings. The van der Waals surface area contributed by atoms with E-state index in [-0.39, 0.29) is 64.4 Å². The Hall–Kier alpha value is -10.1. The van der Waals surface area contributed by atoms with Crippen LogP contribution in [0.3, 0.4) is 0 Å². The molecule has 6 aromatic carbocycles. The molecule has 2 fully saturated rings. The number of aliphatic hydroxyl groups excluding tert-OH is 5. The minimum atomic E-state index is -2.34. The summed E-state index contributed by atoms with van der Waals surface area (Å²) in [6.07, 6.45) is -15.2. The number of halogens is 4. The van der Waals surface area contributed by atoms with Gasteiger partial charge in [0.2, 0.25) is 53.4 Å². The molecule has 34 nitrogen and oxygen atoms in total. The van der Waals surface area contributed by atoms with Gasteiger partial charge in [-0.05, 0) is 140 Å². The Bertz CT molecular complexity index is 4950. The predicted octanol–water partition coefficient (Wildman–Crippen LogP) is 4.12. The number of primary amides is 1. The molecule has 38 heteroatoms. The van der Waals surface area contributed by atoms with Crippen molar-refractivity contribution in [2.24, 2.45) is 23.3 Å². The number of nitrogens with one attached hydrogen (secondary N) is 8. The maximum Gasteiger partial charge on any atom is 0.330 e. The fourth-order valence-corrected chi connectivity index (χ4v) is 15.8. The molecule has 7 heterocycles. The molecule has 6 aromatic rings. The number of amides is 7. The molecule has 0 radical (unpaired) electrons. The Morgan fingerprint density at radius 2 is 1.39 bits per heavy atom. The first-order chi connectivity index (χ1) is 56.5. The van der Waals surface area contributed by atoms with E-state index in [9.17, 15) is 69.9 Å². The SMILES string of the molecule is CN[C@H](CC(C)C)C(=O)N[C@H]1C(=O)N[C@@H](CC(N)=O)C(=O)N[C@H]2C(=O)N[C@H]3C(=O)N[C@H](C(=O)N[C@@H](C(=O)O)c4cc(O)cc(O)c4-c4cc3ccc4O)[C@H](O)C3C=C(Cl)C(=CC3)Oc3cc2cc(c3OC2OC(CN)C(O)C(O)C2OC2CC(C)(NCc3ccc(OCCc4ccc(Cl)c(Cl)c4)cc3)C(O)C(C)O2)Oc2ccc(cc2Cl)[C@H]1O. The van der Waals surface area contributed by atoms with Gasteiger partial charge in [0, 0.05) is 60.1 Å². The van der Waals surface area contributed by atoms with Gasteiger partial charge in [0.1, 0.15) is 89.1 Å². The molecule has 7 aliphatic heterocycles. The van der Waals surface area contributed by atoms with Crippen LogP contribution in [-0.4, -0.2) is 198 Å². The smallest absolute Gasteiger partial charge is 0.330 e. The first-order valence-electron chi connectivity index (χ1n) is 37.9. The van der Waals surface area contributed by atoms with E-state index in [0.717, 1.165) is 59.7 Å².